The number of benzene rings is 1. The number of halogens is 1. The van der Waals surface area contributed by atoms with Gasteiger partial charge in [-0.2, -0.15) is 4.31 Å². The summed E-state index contributed by atoms with van der Waals surface area (Å²) in [5.41, 5.74) is 0. The summed E-state index contributed by atoms with van der Waals surface area (Å²) in [6, 6.07) is 5.55. The molecule has 2 fully saturated rings. The van der Waals surface area contributed by atoms with Crippen LogP contribution in [0.3, 0.4) is 0 Å². The highest BCUT2D eigenvalue weighted by molar-refractivity contribution is 7.91. The fourth-order valence-electron chi connectivity index (χ4n) is 3.36. The van der Waals surface area contributed by atoms with Crippen LogP contribution in [0.25, 0.3) is 0 Å². The standard InChI is InChI=1S/C16H21ClN2O5S2/c17-13-3-5-15(6-4-13)26(23,24)19-8-1-2-12(10-19)16(20)18-14-7-9-25(21,22)11-14/h3-6,12,14H,1-2,7-11H2,(H,18,20). The van der Waals surface area contributed by atoms with Gasteiger partial charge in [-0.15, -0.1) is 0 Å². The first-order valence-electron chi connectivity index (χ1n) is 8.44. The molecule has 3 rings (SSSR count). The number of hydrogen-bond donors (Lipinski definition) is 1. The molecule has 0 aliphatic carbocycles. The number of nitrogens with one attached hydrogen (secondary N) is 1. The van der Waals surface area contributed by atoms with Crippen molar-refractivity contribution in [3.05, 3.63) is 29.3 Å². The lowest BCUT2D eigenvalue weighted by molar-refractivity contribution is -0.126. The zero-order chi connectivity index (χ0) is 18.9. The van der Waals surface area contributed by atoms with Crippen LogP contribution in [-0.2, 0) is 24.7 Å². The quantitative estimate of drug-likeness (QED) is 0.784. The van der Waals surface area contributed by atoms with Crippen LogP contribution in [0.15, 0.2) is 29.2 Å². The van der Waals surface area contributed by atoms with Crippen molar-refractivity contribution in [1.29, 1.82) is 0 Å². The van der Waals surface area contributed by atoms with Crippen LogP contribution in [-0.4, -0.2) is 57.7 Å². The molecule has 1 amide bonds. The second-order valence-electron chi connectivity index (χ2n) is 6.76. The Bertz CT molecular complexity index is 884. The van der Waals surface area contributed by atoms with E-state index in [-0.39, 0.29) is 34.9 Å². The van der Waals surface area contributed by atoms with E-state index in [0.717, 1.165) is 0 Å². The van der Waals surface area contributed by atoms with Gasteiger partial charge in [0, 0.05) is 24.2 Å². The minimum absolute atomic E-state index is 0.0434. The smallest absolute Gasteiger partial charge is 0.243 e. The summed E-state index contributed by atoms with van der Waals surface area (Å²) in [5, 5.41) is 3.22. The second kappa shape index (κ2) is 7.46. The molecule has 144 valence electrons. The lowest BCUT2D eigenvalue weighted by Gasteiger charge is -2.31. The molecule has 0 aromatic heterocycles. The molecule has 2 unspecified atom stereocenters. The number of carbonyl (C=O) groups is 1. The van der Waals surface area contributed by atoms with Crippen molar-refractivity contribution in [2.45, 2.75) is 30.2 Å². The highest BCUT2D eigenvalue weighted by atomic mass is 35.5. The molecule has 0 radical (unpaired) electrons. The number of sulfonamides is 1. The fraction of sp³-hybridized carbons (Fsp3) is 0.562. The van der Waals surface area contributed by atoms with Gasteiger partial charge in [0.25, 0.3) is 0 Å². The zero-order valence-electron chi connectivity index (χ0n) is 14.1. The Labute approximate surface area is 158 Å². The van der Waals surface area contributed by atoms with Gasteiger partial charge in [-0.3, -0.25) is 4.79 Å². The molecule has 1 aromatic carbocycles. The minimum atomic E-state index is -3.69. The average molecular weight is 421 g/mol. The van der Waals surface area contributed by atoms with Gasteiger partial charge in [0.05, 0.1) is 22.3 Å². The number of hydrogen-bond acceptors (Lipinski definition) is 5. The van der Waals surface area contributed by atoms with Crippen LogP contribution >= 0.6 is 11.6 Å². The van der Waals surface area contributed by atoms with Gasteiger partial charge in [0.1, 0.15) is 0 Å². The van der Waals surface area contributed by atoms with Gasteiger partial charge in [-0.05, 0) is 43.5 Å². The monoisotopic (exact) mass is 420 g/mol. The molecule has 2 aliphatic rings. The molecule has 0 bridgehead atoms. The molecule has 10 heteroatoms. The Kier molecular flexibility index (Phi) is 5.62. The van der Waals surface area contributed by atoms with Crippen molar-refractivity contribution >= 4 is 37.4 Å². The van der Waals surface area contributed by atoms with Crippen LogP contribution in [0.4, 0.5) is 0 Å². The maximum absolute atomic E-state index is 12.8. The second-order valence-corrected chi connectivity index (χ2v) is 11.4. The van der Waals surface area contributed by atoms with Gasteiger partial charge in [-0.1, -0.05) is 11.6 Å². The van der Waals surface area contributed by atoms with Gasteiger partial charge < -0.3 is 5.32 Å². The van der Waals surface area contributed by atoms with E-state index in [2.05, 4.69) is 5.32 Å². The Hall–Kier alpha value is -1.16. The van der Waals surface area contributed by atoms with E-state index >= 15 is 0 Å². The highest BCUT2D eigenvalue weighted by Gasteiger charge is 2.35. The van der Waals surface area contributed by atoms with Crippen molar-refractivity contribution < 1.29 is 21.6 Å². The molecular formula is C16H21ClN2O5S2. The predicted octanol–water partition coefficient (Wildman–Crippen LogP) is 1.04. The maximum Gasteiger partial charge on any atom is 0.243 e. The maximum atomic E-state index is 12.8. The molecule has 2 heterocycles. The third-order valence-electron chi connectivity index (χ3n) is 4.79. The van der Waals surface area contributed by atoms with Crippen LogP contribution in [0, 0.1) is 5.92 Å². The fourth-order valence-corrected chi connectivity index (χ4v) is 6.68. The summed E-state index contributed by atoms with van der Waals surface area (Å²) in [6.07, 6.45) is 1.57. The van der Waals surface area contributed by atoms with E-state index in [4.69, 9.17) is 11.6 Å². The first kappa shape index (κ1) is 19.6. The number of carbonyl (C=O) groups excluding carboxylic acids is 1. The normalized spacial score (nSPS) is 26.5. The summed E-state index contributed by atoms with van der Waals surface area (Å²) >= 11 is 5.81. The number of piperidine rings is 1. The first-order valence-corrected chi connectivity index (χ1v) is 12.1. The summed E-state index contributed by atoms with van der Waals surface area (Å²) < 4.78 is 49.9. The van der Waals surface area contributed by atoms with E-state index in [9.17, 15) is 21.6 Å². The van der Waals surface area contributed by atoms with E-state index < -0.39 is 25.8 Å². The summed E-state index contributed by atoms with van der Waals surface area (Å²) in [7, 11) is -6.77. The van der Waals surface area contributed by atoms with Crippen LogP contribution in [0.1, 0.15) is 19.3 Å². The minimum Gasteiger partial charge on any atom is -0.352 e. The molecule has 2 saturated heterocycles. The Balaban J connectivity index is 1.67. The molecule has 0 spiro atoms. The third kappa shape index (κ3) is 4.39. The molecule has 2 aliphatic heterocycles. The topological polar surface area (TPSA) is 101 Å². The van der Waals surface area contributed by atoms with E-state index in [1.807, 2.05) is 0 Å². The molecule has 2 atom stereocenters. The predicted molar refractivity (Wildman–Crippen MR) is 98.1 cm³/mol. The SMILES string of the molecule is O=C(NC1CCS(=O)(=O)C1)C1CCCN(S(=O)(=O)c2ccc(Cl)cc2)C1. The number of rotatable bonds is 4. The Morgan fingerprint density at radius 2 is 1.88 bits per heavy atom. The van der Waals surface area contributed by atoms with Crippen molar-refractivity contribution in [3.8, 4) is 0 Å². The van der Waals surface area contributed by atoms with Gasteiger partial charge in [0.2, 0.25) is 15.9 Å². The highest BCUT2D eigenvalue weighted by Crippen LogP contribution is 2.25. The molecule has 0 saturated carbocycles. The van der Waals surface area contributed by atoms with Crippen molar-refractivity contribution in [2.24, 2.45) is 5.92 Å². The van der Waals surface area contributed by atoms with E-state index in [1.54, 1.807) is 0 Å². The van der Waals surface area contributed by atoms with Gasteiger partial charge >= 0.3 is 0 Å². The average Bonchev–Trinajstić information content (AvgIpc) is 2.94. The Morgan fingerprint density at radius 1 is 1.19 bits per heavy atom. The summed E-state index contributed by atoms with van der Waals surface area (Å²) in [4.78, 5) is 12.6. The Morgan fingerprint density at radius 3 is 2.50 bits per heavy atom. The van der Waals surface area contributed by atoms with Crippen molar-refractivity contribution in [2.75, 3.05) is 24.6 Å². The van der Waals surface area contributed by atoms with Crippen LogP contribution < -0.4 is 5.32 Å². The lowest BCUT2D eigenvalue weighted by atomic mass is 9.98. The zero-order valence-corrected chi connectivity index (χ0v) is 16.5. The summed E-state index contributed by atoms with van der Waals surface area (Å²) in [5.74, 6) is -0.713. The molecule has 1 aromatic rings. The van der Waals surface area contributed by atoms with Crippen LogP contribution in [0.5, 0.6) is 0 Å². The third-order valence-corrected chi connectivity index (χ3v) is 8.68. The molecule has 26 heavy (non-hydrogen) atoms. The van der Waals surface area contributed by atoms with Gasteiger partial charge in [-0.25, -0.2) is 16.8 Å². The number of sulfone groups is 1. The first-order chi connectivity index (χ1) is 12.2. The van der Waals surface area contributed by atoms with Gasteiger partial charge in [0.15, 0.2) is 9.84 Å². The number of nitrogens with zero attached hydrogens (tertiary/aromatic N) is 1. The lowest BCUT2D eigenvalue weighted by Crippen LogP contribution is -2.47. The van der Waals surface area contributed by atoms with Crippen molar-refractivity contribution in [3.63, 3.8) is 0 Å². The molecular weight excluding hydrogens is 400 g/mol. The van der Waals surface area contributed by atoms with E-state index in [0.29, 0.717) is 30.8 Å². The molecule has 7 nitrogen and oxygen atoms in total. The van der Waals surface area contributed by atoms with E-state index in [1.165, 1.54) is 28.6 Å². The van der Waals surface area contributed by atoms with Crippen LogP contribution in [0.2, 0.25) is 5.02 Å². The molecule has 1 N–H and O–H groups in total. The summed E-state index contributed by atoms with van der Waals surface area (Å²) in [6.45, 7) is 0.447. The number of amides is 1. The van der Waals surface area contributed by atoms with Crippen molar-refractivity contribution in [1.82, 2.24) is 9.62 Å². The largest absolute Gasteiger partial charge is 0.352 e.